The topological polar surface area (TPSA) is 82.6 Å². The van der Waals surface area contributed by atoms with Gasteiger partial charge in [0.25, 0.3) is 0 Å². The van der Waals surface area contributed by atoms with E-state index in [1.807, 2.05) is 18.2 Å². The summed E-state index contributed by atoms with van der Waals surface area (Å²) in [5, 5.41) is 16.9. The van der Waals surface area contributed by atoms with Crippen molar-refractivity contribution in [1.29, 1.82) is 5.41 Å². The Balaban J connectivity index is 2.09. The summed E-state index contributed by atoms with van der Waals surface area (Å²) in [7, 11) is 1.58. The minimum atomic E-state index is 0.0237. The smallest absolute Gasteiger partial charge is 0.129 e. The average Bonchev–Trinajstić information content (AvgIpc) is 2.47. The lowest BCUT2D eigenvalue weighted by atomic mass is 9.98. The average molecular weight is 277 g/mol. The first kappa shape index (κ1) is 14.8. The van der Waals surface area contributed by atoms with Crippen molar-refractivity contribution in [3.63, 3.8) is 0 Å². The van der Waals surface area contributed by atoms with Crippen LogP contribution in [0.2, 0.25) is 0 Å². The molecule has 20 heavy (non-hydrogen) atoms. The van der Waals surface area contributed by atoms with Crippen molar-refractivity contribution >= 4 is 5.84 Å². The van der Waals surface area contributed by atoms with E-state index in [0.29, 0.717) is 17.2 Å². The SMILES string of the molecule is COc1ccc(CN2CCCC(CO)C2)cc1C(=N)N. The van der Waals surface area contributed by atoms with Crippen LogP contribution in [0.3, 0.4) is 0 Å². The maximum absolute atomic E-state index is 9.27. The molecule has 1 aliphatic rings. The fourth-order valence-electron chi connectivity index (χ4n) is 2.77. The van der Waals surface area contributed by atoms with Crippen LogP contribution in [-0.4, -0.2) is 42.6 Å². The summed E-state index contributed by atoms with van der Waals surface area (Å²) in [6.07, 6.45) is 2.23. The van der Waals surface area contributed by atoms with E-state index < -0.39 is 0 Å². The largest absolute Gasteiger partial charge is 0.496 e. The number of aliphatic hydroxyl groups excluding tert-OH is 1. The van der Waals surface area contributed by atoms with E-state index in [4.69, 9.17) is 15.9 Å². The number of hydrogen-bond donors (Lipinski definition) is 3. The lowest BCUT2D eigenvalue weighted by Gasteiger charge is -2.31. The summed E-state index contributed by atoms with van der Waals surface area (Å²) in [5.41, 5.74) is 7.35. The summed E-state index contributed by atoms with van der Waals surface area (Å²) in [5.74, 6) is 1.04. The van der Waals surface area contributed by atoms with Crippen molar-refractivity contribution in [3.8, 4) is 5.75 Å². The third-order valence-corrected chi connectivity index (χ3v) is 3.82. The summed E-state index contributed by atoms with van der Waals surface area (Å²) in [4.78, 5) is 2.34. The molecule has 1 heterocycles. The molecule has 1 aromatic rings. The van der Waals surface area contributed by atoms with Crippen LogP contribution in [-0.2, 0) is 6.54 Å². The second-order valence-electron chi connectivity index (χ2n) is 5.37. The van der Waals surface area contributed by atoms with E-state index in [2.05, 4.69) is 4.90 Å². The molecule has 5 heteroatoms. The number of ether oxygens (including phenoxy) is 1. The summed E-state index contributed by atoms with van der Waals surface area (Å²) in [6, 6.07) is 5.79. The summed E-state index contributed by atoms with van der Waals surface area (Å²) >= 11 is 0. The Morgan fingerprint density at radius 3 is 3.00 bits per heavy atom. The van der Waals surface area contributed by atoms with E-state index in [1.54, 1.807) is 7.11 Å². The van der Waals surface area contributed by atoms with E-state index in [9.17, 15) is 5.11 Å². The number of rotatable bonds is 5. The Morgan fingerprint density at radius 2 is 2.35 bits per heavy atom. The van der Waals surface area contributed by atoms with Gasteiger partial charge >= 0.3 is 0 Å². The highest BCUT2D eigenvalue weighted by atomic mass is 16.5. The maximum atomic E-state index is 9.27. The number of hydrogen-bond acceptors (Lipinski definition) is 4. The zero-order valence-corrected chi connectivity index (χ0v) is 11.9. The Hall–Kier alpha value is -1.59. The minimum Gasteiger partial charge on any atom is -0.496 e. The lowest BCUT2D eigenvalue weighted by Crippen LogP contribution is -2.36. The molecule has 2 rings (SSSR count). The molecule has 0 radical (unpaired) electrons. The predicted octanol–water partition coefficient (Wildman–Crippen LogP) is 1.18. The first-order valence-electron chi connectivity index (χ1n) is 6.98. The highest BCUT2D eigenvalue weighted by Gasteiger charge is 2.19. The zero-order valence-electron chi connectivity index (χ0n) is 11.9. The van der Waals surface area contributed by atoms with Gasteiger partial charge < -0.3 is 15.6 Å². The molecule has 110 valence electrons. The molecule has 0 bridgehead atoms. The molecule has 1 fully saturated rings. The van der Waals surface area contributed by atoms with Gasteiger partial charge in [0.1, 0.15) is 11.6 Å². The predicted molar refractivity (Wildman–Crippen MR) is 79.1 cm³/mol. The molecule has 0 saturated carbocycles. The van der Waals surface area contributed by atoms with Gasteiger partial charge in [0.05, 0.1) is 12.7 Å². The van der Waals surface area contributed by atoms with Crippen LogP contribution < -0.4 is 10.5 Å². The van der Waals surface area contributed by atoms with Crippen molar-refractivity contribution in [2.75, 3.05) is 26.8 Å². The second kappa shape index (κ2) is 6.72. The van der Waals surface area contributed by atoms with Gasteiger partial charge in [-0.1, -0.05) is 6.07 Å². The molecular formula is C15H23N3O2. The van der Waals surface area contributed by atoms with Crippen LogP contribution in [0.1, 0.15) is 24.0 Å². The number of likely N-dealkylation sites (tertiary alicyclic amines) is 1. The van der Waals surface area contributed by atoms with Crippen LogP contribution in [0.4, 0.5) is 0 Å². The van der Waals surface area contributed by atoms with Crippen molar-refractivity contribution in [2.24, 2.45) is 11.7 Å². The highest BCUT2D eigenvalue weighted by molar-refractivity contribution is 5.97. The first-order valence-corrected chi connectivity index (χ1v) is 6.98. The van der Waals surface area contributed by atoms with Crippen molar-refractivity contribution in [2.45, 2.75) is 19.4 Å². The zero-order chi connectivity index (χ0) is 14.5. The van der Waals surface area contributed by atoms with Gasteiger partial charge in [-0.2, -0.15) is 0 Å². The highest BCUT2D eigenvalue weighted by Crippen LogP contribution is 2.22. The fourth-order valence-corrected chi connectivity index (χ4v) is 2.77. The molecule has 1 atom stereocenters. The molecule has 1 aliphatic heterocycles. The number of nitrogens with two attached hydrogens (primary N) is 1. The Morgan fingerprint density at radius 1 is 1.55 bits per heavy atom. The number of amidine groups is 1. The van der Waals surface area contributed by atoms with Gasteiger partial charge in [-0.3, -0.25) is 10.3 Å². The van der Waals surface area contributed by atoms with Gasteiger partial charge in [0.15, 0.2) is 0 Å². The Bertz CT molecular complexity index is 476. The standard InChI is InChI=1S/C15H23N3O2/c1-20-14-5-4-11(7-13(14)15(16)17)8-18-6-2-3-12(9-18)10-19/h4-5,7,12,19H,2-3,6,8-10H2,1H3,(H3,16,17). The number of nitrogen functional groups attached to an aromatic ring is 1. The number of aliphatic hydroxyl groups is 1. The number of piperidine rings is 1. The van der Waals surface area contributed by atoms with E-state index in [1.165, 1.54) is 0 Å². The quantitative estimate of drug-likeness (QED) is 0.557. The monoisotopic (exact) mass is 277 g/mol. The normalized spacial score (nSPS) is 19.8. The van der Waals surface area contributed by atoms with Crippen molar-refractivity contribution in [3.05, 3.63) is 29.3 Å². The van der Waals surface area contributed by atoms with Gasteiger partial charge in [-0.15, -0.1) is 0 Å². The molecule has 1 saturated heterocycles. The van der Waals surface area contributed by atoms with Gasteiger partial charge in [0, 0.05) is 19.7 Å². The lowest BCUT2D eigenvalue weighted by molar-refractivity contribution is 0.116. The van der Waals surface area contributed by atoms with Gasteiger partial charge in [-0.05, 0) is 43.0 Å². The van der Waals surface area contributed by atoms with Crippen molar-refractivity contribution < 1.29 is 9.84 Å². The Labute approximate surface area is 119 Å². The molecule has 0 amide bonds. The second-order valence-corrected chi connectivity index (χ2v) is 5.37. The number of nitrogens with zero attached hydrogens (tertiary/aromatic N) is 1. The van der Waals surface area contributed by atoms with Crippen LogP contribution in [0.15, 0.2) is 18.2 Å². The van der Waals surface area contributed by atoms with Crippen LogP contribution in [0.25, 0.3) is 0 Å². The third-order valence-electron chi connectivity index (χ3n) is 3.82. The van der Waals surface area contributed by atoms with E-state index >= 15 is 0 Å². The van der Waals surface area contributed by atoms with E-state index in [-0.39, 0.29) is 12.4 Å². The fraction of sp³-hybridized carbons (Fsp3) is 0.533. The summed E-state index contributed by atoms with van der Waals surface area (Å²) < 4.78 is 5.22. The molecule has 0 aromatic heterocycles. The molecule has 0 spiro atoms. The molecule has 0 aliphatic carbocycles. The number of nitrogens with one attached hydrogen (secondary N) is 1. The first-order chi connectivity index (χ1) is 9.63. The third kappa shape index (κ3) is 3.49. The van der Waals surface area contributed by atoms with Gasteiger partial charge in [-0.25, -0.2) is 0 Å². The number of methoxy groups -OCH3 is 1. The van der Waals surface area contributed by atoms with Crippen LogP contribution in [0.5, 0.6) is 5.75 Å². The van der Waals surface area contributed by atoms with E-state index in [0.717, 1.165) is 38.0 Å². The van der Waals surface area contributed by atoms with Crippen LogP contribution in [0, 0.1) is 11.3 Å². The molecule has 1 aromatic carbocycles. The van der Waals surface area contributed by atoms with Gasteiger partial charge in [0.2, 0.25) is 0 Å². The maximum Gasteiger partial charge on any atom is 0.129 e. The number of benzene rings is 1. The van der Waals surface area contributed by atoms with Crippen LogP contribution >= 0.6 is 0 Å². The minimum absolute atomic E-state index is 0.0237. The molecular weight excluding hydrogens is 254 g/mol. The molecule has 5 nitrogen and oxygen atoms in total. The van der Waals surface area contributed by atoms with Crippen molar-refractivity contribution in [1.82, 2.24) is 4.90 Å². The summed E-state index contributed by atoms with van der Waals surface area (Å²) in [6.45, 7) is 3.06. The Kier molecular flexibility index (Phi) is 4.98. The molecule has 1 unspecified atom stereocenters. The molecule has 4 N–H and O–H groups in total.